The third-order valence-corrected chi connectivity index (χ3v) is 5.56. The molecule has 0 aromatic heterocycles. The Labute approximate surface area is 188 Å². The van der Waals surface area contributed by atoms with Crippen molar-refractivity contribution in [3.63, 3.8) is 0 Å². The molecule has 0 bridgehead atoms. The lowest BCUT2D eigenvalue weighted by Gasteiger charge is -2.29. The van der Waals surface area contributed by atoms with Crippen LogP contribution in [0, 0.1) is 0 Å². The summed E-state index contributed by atoms with van der Waals surface area (Å²) < 4.78 is 0. The highest BCUT2D eigenvalue weighted by molar-refractivity contribution is 6.21. The maximum Gasteiger partial charge on any atom is 0.261 e. The first-order chi connectivity index (χ1) is 15.4. The van der Waals surface area contributed by atoms with Crippen molar-refractivity contribution in [2.75, 3.05) is 13.1 Å². The number of carbonyl (C=O) groups excluding carboxylic acids is 4. The van der Waals surface area contributed by atoms with Crippen molar-refractivity contribution in [2.45, 2.75) is 45.7 Å². The van der Waals surface area contributed by atoms with Gasteiger partial charge in [0.05, 0.1) is 11.1 Å². The van der Waals surface area contributed by atoms with E-state index in [1.165, 1.54) is 4.90 Å². The predicted molar refractivity (Wildman–Crippen MR) is 121 cm³/mol. The highest BCUT2D eigenvalue weighted by Gasteiger charge is 2.35. The molecule has 0 radical (unpaired) electrons. The van der Waals surface area contributed by atoms with Crippen molar-refractivity contribution in [3.05, 3.63) is 71.3 Å². The molecule has 0 saturated heterocycles. The van der Waals surface area contributed by atoms with Gasteiger partial charge in [-0.1, -0.05) is 49.4 Å². The van der Waals surface area contributed by atoms with Crippen molar-refractivity contribution >= 4 is 23.6 Å². The molecule has 1 aliphatic rings. The third kappa shape index (κ3) is 5.22. The van der Waals surface area contributed by atoms with Crippen molar-refractivity contribution in [1.82, 2.24) is 15.1 Å². The van der Waals surface area contributed by atoms with Gasteiger partial charge in [-0.2, -0.15) is 0 Å². The first-order valence-electron chi connectivity index (χ1n) is 11.0. The van der Waals surface area contributed by atoms with Crippen LogP contribution in [0.25, 0.3) is 0 Å². The summed E-state index contributed by atoms with van der Waals surface area (Å²) in [6.07, 6.45) is 1.27. The van der Waals surface area contributed by atoms with Crippen molar-refractivity contribution in [3.8, 4) is 0 Å². The van der Waals surface area contributed by atoms with Crippen LogP contribution in [0.2, 0.25) is 0 Å². The number of hydrogen-bond donors (Lipinski definition) is 1. The van der Waals surface area contributed by atoms with Crippen LogP contribution >= 0.6 is 0 Å². The number of fused-ring (bicyclic) bond motifs is 1. The molecule has 0 fully saturated rings. The smallest absolute Gasteiger partial charge is 0.261 e. The Morgan fingerprint density at radius 1 is 0.969 bits per heavy atom. The maximum atomic E-state index is 13.1. The van der Waals surface area contributed by atoms with E-state index in [9.17, 15) is 19.2 Å². The lowest BCUT2D eigenvalue weighted by Crippen LogP contribution is -2.47. The molecule has 7 nitrogen and oxygen atoms in total. The fourth-order valence-electron chi connectivity index (χ4n) is 3.73. The molecular formula is C25H29N3O4. The highest BCUT2D eigenvalue weighted by atomic mass is 16.2. The van der Waals surface area contributed by atoms with Gasteiger partial charge in [-0.05, 0) is 37.5 Å². The molecule has 0 spiro atoms. The van der Waals surface area contributed by atoms with Crippen molar-refractivity contribution < 1.29 is 19.2 Å². The summed E-state index contributed by atoms with van der Waals surface area (Å²) in [7, 11) is 0. The van der Waals surface area contributed by atoms with Gasteiger partial charge >= 0.3 is 0 Å². The van der Waals surface area contributed by atoms with E-state index in [0.717, 1.165) is 12.0 Å². The Balaban J connectivity index is 1.64. The Morgan fingerprint density at radius 2 is 1.56 bits per heavy atom. The van der Waals surface area contributed by atoms with Gasteiger partial charge in [0.2, 0.25) is 11.8 Å². The van der Waals surface area contributed by atoms with E-state index in [2.05, 4.69) is 5.32 Å². The normalized spacial score (nSPS) is 13.6. The summed E-state index contributed by atoms with van der Waals surface area (Å²) in [5, 5.41) is 2.85. The molecule has 1 N–H and O–H groups in total. The predicted octanol–water partition coefficient (Wildman–Crippen LogP) is 3.01. The van der Waals surface area contributed by atoms with Crippen LogP contribution in [0.4, 0.5) is 0 Å². The zero-order valence-corrected chi connectivity index (χ0v) is 18.5. The third-order valence-electron chi connectivity index (χ3n) is 5.56. The number of rotatable bonds is 10. The van der Waals surface area contributed by atoms with Crippen LogP contribution in [0.5, 0.6) is 0 Å². The molecule has 3 rings (SSSR count). The first-order valence-corrected chi connectivity index (χ1v) is 11.0. The van der Waals surface area contributed by atoms with Crippen molar-refractivity contribution in [1.29, 1.82) is 0 Å². The van der Waals surface area contributed by atoms with E-state index in [0.29, 0.717) is 30.6 Å². The average Bonchev–Trinajstić information content (AvgIpc) is 3.06. The Bertz CT molecular complexity index is 955. The van der Waals surface area contributed by atoms with Crippen molar-refractivity contribution in [2.24, 2.45) is 0 Å². The molecule has 168 valence electrons. The molecule has 2 aromatic carbocycles. The van der Waals surface area contributed by atoms with E-state index >= 15 is 0 Å². The van der Waals surface area contributed by atoms with E-state index < -0.39 is 6.04 Å². The molecule has 0 saturated carbocycles. The van der Waals surface area contributed by atoms with Crippen LogP contribution in [0.1, 0.15) is 59.4 Å². The lowest BCUT2D eigenvalue weighted by atomic mass is 10.1. The van der Waals surface area contributed by atoms with Crippen LogP contribution in [-0.2, 0) is 16.1 Å². The number of amides is 4. The summed E-state index contributed by atoms with van der Waals surface area (Å²) >= 11 is 0. The van der Waals surface area contributed by atoms with E-state index in [4.69, 9.17) is 0 Å². The molecule has 32 heavy (non-hydrogen) atoms. The summed E-state index contributed by atoms with van der Waals surface area (Å²) in [6.45, 7) is 4.71. The molecule has 7 heteroatoms. The average molecular weight is 436 g/mol. The SMILES string of the molecule is CCCNC(=O)[C@H](C)N(Cc1ccccc1)C(=O)CCCN1C(=O)c2ccccc2C1=O. The molecule has 4 amide bonds. The zero-order chi connectivity index (χ0) is 23.1. The standard InChI is InChI=1S/C25H29N3O4/c1-3-15-26-23(30)18(2)28(17-19-10-5-4-6-11-19)22(29)14-9-16-27-24(31)20-12-7-8-13-21(20)25(27)32/h4-8,10-13,18H,3,9,14-17H2,1-2H3,(H,26,30)/t18-/m0/s1. The number of benzene rings is 2. The second-order valence-corrected chi connectivity index (χ2v) is 7.89. The summed E-state index contributed by atoms with van der Waals surface area (Å²) in [5.74, 6) is -1.04. The second-order valence-electron chi connectivity index (χ2n) is 7.89. The van der Waals surface area contributed by atoms with Gasteiger partial charge in [0.25, 0.3) is 11.8 Å². The molecule has 0 unspecified atom stereocenters. The number of imide groups is 1. The molecule has 2 aromatic rings. The Morgan fingerprint density at radius 3 is 2.16 bits per heavy atom. The molecule has 1 heterocycles. The van der Waals surface area contributed by atoms with Gasteiger partial charge in [0.1, 0.15) is 6.04 Å². The largest absolute Gasteiger partial charge is 0.354 e. The van der Waals surface area contributed by atoms with E-state index in [1.54, 1.807) is 36.1 Å². The van der Waals surface area contributed by atoms with Gasteiger partial charge in [0, 0.05) is 26.1 Å². The topological polar surface area (TPSA) is 86.8 Å². The second kappa shape index (κ2) is 10.7. The summed E-state index contributed by atoms with van der Waals surface area (Å²) in [4.78, 5) is 53.4. The minimum absolute atomic E-state index is 0.131. The van der Waals surface area contributed by atoms with Crippen LogP contribution < -0.4 is 5.32 Å². The minimum Gasteiger partial charge on any atom is -0.354 e. The van der Waals surface area contributed by atoms with Gasteiger partial charge in [-0.15, -0.1) is 0 Å². The van der Waals surface area contributed by atoms with Gasteiger partial charge < -0.3 is 10.2 Å². The number of carbonyl (C=O) groups is 4. The first kappa shape index (κ1) is 23.2. The van der Waals surface area contributed by atoms with Crippen LogP contribution in [0.15, 0.2) is 54.6 Å². The Hall–Kier alpha value is -3.48. The van der Waals surface area contributed by atoms with Gasteiger partial charge in [0.15, 0.2) is 0 Å². The number of hydrogen-bond acceptors (Lipinski definition) is 4. The molecular weight excluding hydrogens is 406 g/mol. The summed E-state index contributed by atoms with van der Waals surface area (Å²) in [5.41, 5.74) is 1.72. The quantitative estimate of drug-likeness (QED) is 0.581. The minimum atomic E-state index is -0.631. The molecule has 0 aliphatic carbocycles. The Kier molecular flexibility index (Phi) is 7.76. The van der Waals surface area contributed by atoms with Crippen LogP contribution in [0.3, 0.4) is 0 Å². The molecule has 1 aliphatic heterocycles. The fraction of sp³-hybridized carbons (Fsp3) is 0.360. The highest BCUT2D eigenvalue weighted by Crippen LogP contribution is 2.23. The van der Waals surface area contributed by atoms with Gasteiger partial charge in [-0.25, -0.2) is 0 Å². The monoisotopic (exact) mass is 435 g/mol. The molecule has 1 atom stereocenters. The van der Waals surface area contributed by atoms with E-state index in [1.807, 2.05) is 37.3 Å². The van der Waals surface area contributed by atoms with Crippen LogP contribution in [-0.4, -0.2) is 52.6 Å². The lowest BCUT2D eigenvalue weighted by molar-refractivity contribution is -0.140. The number of nitrogens with zero attached hydrogens (tertiary/aromatic N) is 2. The van der Waals surface area contributed by atoms with Gasteiger partial charge in [-0.3, -0.25) is 24.1 Å². The van der Waals surface area contributed by atoms with E-state index in [-0.39, 0.29) is 36.6 Å². The zero-order valence-electron chi connectivity index (χ0n) is 18.5. The summed E-state index contributed by atoms with van der Waals surface area (Å²) in [6, 6.07) is 15.6. The maximum absolute atomic E-state index is 13.1. The fourth-order valence-corrected chi connectivity index (χ4v) is 3.73. The number of nitrogens with one attached hydrogen (secondary N) is 1.